The van der Waals surface area contributed by atoms with Gasteiger partial charge in [-0.15, -0.1) is 0 Å². The summed E-state index contributed by atoms with van der Waals surface area (Å²) in [5.41, 5.74) is 2.45. The molecule has 17 heavy (non-hydrogen) atoms. The van der Waals surface area contributed by atoms with Crippen LogP contribution in [0.15, 0.2) is 36.4 Å². The Morgan fingerprint density at radius 1 is 1.06 bits per heavy atom. The Morgan fingerprint density at radius 2 is 1.88 bits per heavy atom. The molecule has 0 fully saturated rings. The third kappa shape index (κ3) is 3.83. The first kappa shape index (κ1) is 12.6. The van der Waals surface area contributed by atoms with Crippen molar-refractivity contribution in [1.82, 2.24) is 3.98 Å². The maximum absolute atomic E-state index is 4.67. The maximum atomic E-state index is 4.67. The van der Waals surface area contributed by atoms with Gasteiger partial charge in [-0.25, -0.2) is 0 Å². The molecule has 0 amide bonds. The third-order valence-corrected chi connectivity index (χ3v) is 4.68. The summed E-state index contributed by atoms with van der Waals surface area (Å²) in [6.45, 7) is 2.26. The zero-order valence-corrected chi connectivity index (χ0v) is 12.1. The van der Waals surface area contributed by atoms with Gasteiger partial charge < -0.3 is 0 Å². The molecule has 0 unspecified atom stereocenters. The molecule has 0 N–H and O–H groups in total. The van der Waals surface area contributed by atoms with Crippen LogP contribution in [0, 0.1) is 0 Å². The van der Waals surface area contributed by atoms with Gasteiger partial charge in [0.1, 0.15) is 0 Å². The topological polar surface area (TPSA) is 12.9 Å². The molecule has 0 spiro atoms. The summed E-state index contributed by atoms with van der Waals surface area (Å²) >= 11 is 0.359. The average Bonchev–Trinajstić information content (AvgIpc) is 2.85. The standard InChI is InChI=1S/C15H19NSe/c1-2-3-4-8-11-14-12-15(16-17-14)13-9-6-5-7-10-13/h5-7,9-10,12H,2-4,8,11H2,1H3. The van der Waals surface area contributed by atoms with E-state index in [4.69, 9.17) is 0 Å². The van der Waals surface area contributed by atoms with Crippen LogP contribution in [-0.4, -0.2) is 18.7 Å². The number of hydrogen-bond acceptors (Lipinski definition) is 1. The van der Waals surface area contributed by atoms with E-state index < -0.39 is 0 Å². The second-order valence-electron chi connectivity index (χ2n) is 4.36. The van der Waals surface area contributed by atoms with E-state index in [9.17, 15) is 0 Å². The van der Waals surface area contributed by atoms with Crippen LogP contribution in [0.4, 0.5) is 0 Å². The molecule has 0 aliphatic rings. The molecule has 0 aliphatic heterocycles. The molecule has 1 aromatic heterocycles. The van der Waals surface area contributed by atoms with E-state index in [0.29, 0.717) is 14.7 Å². The number of hydrogen-bond donors (Lipinski definition) is 0. The second-order valence-corrected chi connectivity index (χ2v) is 6.22. The third-order valence-electron chi connectivity index (χ3n) is 2.91. The van der Waals surface area contributed by atoms with Crippen LogP contribution in [0.25, 0.3) is 11.3 Å². The van der Waals surface area contributed by atoms with Crippen LogP contribution in [0.3, 0.4) is 0 Å². The van der Waals surface area contributed by atoms with Crippen molar-refractivity contribution in [3.05, 3.63) is 40.8 Å². The van der Waals surface area contributed by atoms with Crippen molar-refractivity contribution in [1.29, 1.82) is 0 Å². The average molecular weight is 292 g/mol. The molecule has 1 heterocycles. The fraction of sp³-hybridized carbons (Fsp3) is 0.400. The Balaban J connectivity index is 1.92. The zero-order chi connectivity index (χ0) is 11.9. The van der Waals surface area contributed by atoms with Crippen LogP contribution >= 0.6 is 0 Å². The van der Waals surface area contributed by atoms with Crippen LogP contribution in [0.2, 0.25) is 0 Å². The summed E-state index contributed by atoms with van der Waals surface area (Å²) in [5.74, 6) is 0. The molecule has 0 saturated carbocycles. The number of nitrogens with zero attached hydrogens (tertiary/aromatic N) is 1. The molecule has 0 bridgehead atoms. The molecule has 0 atom stereocenters. The van der Waals surface area contributed by atoms with E-state index >= 15 is 0 Å². The summed E-state index contributed by atoms with van der Waals surface area (Å²) in [7, 11) is 0. The van der Waals surface area contributed by atoms with E-state index in [1.54, 1.807) is 4.44 Å². The molecular weight excluding hydrogens is 273 g/mol. The molecule has 0 saturated heterocycles. The van der Waals surface area contributed by atoms with Gasteiger partial charge in [0.2, 0.25) is 0 Å². The van der Waals surface area contributed by atoms with Crippen molar-refractivity contribution in [3.63, 3.8) is 0 Å². The number of aromatic nitrogens is 1. The number of aryl methyl sites for hydroxylation is 1. The SMILES string of the molecule is CCCCCCc1cc(-c2ccccc2)n[se]1. The molecule has 1 nitrogen and oxygen atoms in total. The molecule has 0 aliphatic carbocycles. The first-order valence-corrected chi connectivity index (χ1v) is 8.03. The van der Waals surface area contributed by atoms with Gasteiger partial charge in [0.15, 0.2) is 0 Å². The van der Waals surface area contributed by atoms with Crippen molar-refractivity contribution >= 4 is 14.7 Å². The predicted molar refractivity (Wildman–Crippen MR) is 74.5 cm³/mol. The Hall–Kier alpha value is -0.851. The van der Waals surface area contributed by atoms with Gasteiger partial charge in [0.25, 0.3) is 0 Å². The molecule has 90 valence electrons. The summed E-state index contributed by atoms with van der Waals surface area (Å²) < 4.78 is 6.24. The number of rotatable bonds is 6. The summed E-state index contributed by atoms with van der Waals surface area (Å²) in [6.07, 6.45) is 6.63. The molecule has 1 aromatic carbocycles. The molecule has 2 rings (SSSR count). The summed E-state index contributed by atoms with van der Waals surface area (Å²) in [5, 5.41) is 0. The zero-order valence-electron chi connectivity index (χ0n) is 10.4. The van der Waals surface area contributed by atoms with E-state index in [1.165, 1.54) is 43.4 Å². The van der Waals surface area contributed by atoms with Crippen molar-refractivity contribution in [2.75, 3.05) is 0 Å². The quantitative estimate of drug-likeness (QED) is 0.581. The number of unbranched alkanes of at least 4 members (excludes halogenated alkanes) is 3. The number of benzene rings is 1. The molecule has 0 radical (unpaired) electrons. The van der Waals surface area contributed by atoms with Crippen molar-refractivity contribution in [2.45, 2.75) is 39.0 Å². The van der Waals surface area contributed by atoms with Gasteiger partial charge in [-0.2, -0.15) is 0 Å². The van der Waals surface area contributed by atoms with Gasteiger partial charge in [0.05, 0.1) is 0 Å². The van der Waals surface area contributed by atoms with Gasteiger partial charge in [-0.05, 0) is 0 Å². The van der Waals surface area contributed by atoms with Gasteiger partial charge in [-0.1, -0.05) is 0 Å². The molecular formula is C15H19NSe. The van der Waals surface area contributed by atoms with Crippen LogP contribution in [0.5, 0.6) is 0 Å². The van der Waals surface area contributed by atoms with E-state index in [1.807, 2.05) is 0 Å². The minimum absolute atomic E-state index is 0.359. The second kappa shape index (κ2) is 6.78. The van der Waals surface area contributed by atoms with Gasteiger partial charge in [-0.3, -0.25) is 0 Å². The molecule has 2 heteroatoms. The Bertz CT molecular complexity index is 433. The van der Waals surface area contributed by atoms with Gasteiger partial charge >= 0.3 is 110 Å². The van der Waals surface area contributed by atoms with Crippen molar-refractivity contribution in [2.24, 2.45) is 0 Å². The first-order chi connectivity index (χ1) is 8.40. The van der Waals surface area contributed by atoms with Crippen molar-refractivity contribution < 1.29 is 0 Å². The fourth-order valence-corrected chi connectivity index (χ4v) is 3.52. The van der Waals surface area contributed by atoms with E-state index in [2.05, 4.69) is 47.3 Å². The minimum atomic E-state index is 0.359. The van der Waals surface area contributed by atoms with E-state index in [-0.39, 0.29) is 0 Å². The van der Waals surface area contributed by atoms with Crippen molar-refractivity contribution in [3.8, 4) is 11.3 Å². The van der Waals surface area contributed by atoms with Crippen LogP contribution < -0.4 is 0 Å². The Morgan fingerprint density at radius 3 is 2.65 bits per heavy atom. The summed E-state index contributed by atoms with van der Waals surface area (Å²) in [6, 6.07) is 12.8. The fourth-order valence-electron chi connectivity index (χ4n) is 1.90. The first-order valence-electron chi connectivity index (χ1n) is 6.41. The predicted octanol–water partition coefficient (Wildman–Crippen LogP) is 3.93. The Kier molecular flexibility index (Phi) is 5.03. The molecule has 2 aromatic rings. The van der Waals surface area contributed by atoms with Crippen LogP contribution in [0.1, 0.15) is 37.0 Å². The van der Waals surface area contributed by atoms with E-state index in [0.717, 1.165) is 0 Å². The Labute approximate surface area is 110 Å². The van der Waals surface area contributed by atoms with Gasteiger partial charge in [0, 0.05) is 0 Å². The monoisotopic (exact) mass is 293 g/mol. The summed E-state index contributed by atoms with van der Waals surface area (Å²) in [4.78, 5) is 0. The normalized spacial score (nSPS) is 10.6. The van der Waals surface area contributed by atoms with Crippen LogP contribution in [-0.2, 0) is 6.42 Å².